The van der Waals surface area contributed by atoms with Crippen molar-refractivity contribution in [2.75, 3.05) is 11.9 Å². The van der Waals surface area contributed by atoms with E-state index in [9.17, 15) is 4.79 Å². The van der Waals surface area contributed by atoms with Gasteiger partial charge in [-0.15, -0.1) is 11.8 Å². The van der Waals surface area contributed by atoms with Gasteiger partial charge in [0.15, 0.2) is 0 Å². The zero-order valence-electron chi connectivity index (χ0n) is 14.6. The number of nitrogens with one attached hydrogen (secondary N) is 1. The van der Waals surface area contributed by atoms with Gasteiger partial charge in [0, 0.05) is 10.6 Å². The van der Waals surface area contributed by atoms with Crippen LogP contribution in [0.4, 0.5) is 5.69 Å². The number of hydrogen-bond donors (Lipinski definition) is 1. The molecule has 0 unspecified atom stereocenters. The fraction of sp³-hybridized carbons (Fsp3) is 0.136. The molecule has 0 heterocycles. The van der Waals surface area contributed by atoms with Crippen LogP contribution in [0, 0.1) is 0 Å². The molecule has 3 aromatic carbocycles. The van der Waals surface area contributed by atoms with Crippen molar-refractivity contribution in [2.45, 2.75) is 17.1 Å². The first kappa shape index (κ1) is 18.1. The summed E-state index contributed by atoms with van der Waals surface area (Å²) in [7, 11) is 0. The molecule has 0 fully saturated rings. The summed E-state index contributed by atoms with van der Waals surface area (Å²) < 4.78 is 5.44. The lowest BCUT2D eigenvalue weighted by molar-refractivity contribution is -0.115. The molecule has 1 amide bonds. The Balaban J connectivity index is 1.78. The maximum absolute atomic E-state index is 13.0. The molecule has 1 N–H and O–H groups in total. The van der Waals surface area contributed by atoms with Gasteiger partial charge in [-0.2, -0.15) is 0 Å². The second kappa shape index (κ2) is 9.11. The van der Waals surface area contributed by atoms with E-state index < -0.39 is 0 Å². The normalized spacial score (nSPS) is 11.6. The number of carbonyl (C=O) groups is 1. The lowest BCUT2D eigenvalue weighted by atomic mass is 10.1. The van der Waals surface area contributed by atoms with Crippen LogP contribution >= 0.6 is 11.8 Å². The topological polar surface area (TPSA) is 38.3 Å². The summed E-state index contributed by atoms with van der Waals surface area (Å²) in [6, 6.07) is 27.3. The van der Waals surface area contributed by atoms with E-state index in [-0.39, 0.29) is 11.2 Å². The van der Waals surface area contributed by atoms with Crippen molar-refractivity contribution in [1.29, 1.82) is 0 Å². The molecule has 0 radical (unpaired) electrons. The monoisotopic (exact) mass is 363 g/mol. The van der Waals surface area contributed by atoms with Gasteiger partial charge in [0.25, 0.3) is 0 Å². The number of rotatable bonds is 7. The van der Waals surface area contributed by atoms with Gasteiger partial charge in [0.1, 0.15) is 11.0 Å². The van der Waals surface area contributed by atoms with Crippen molar-refractivity contribution in [3.05, 3.63) is 90.5 Å². The van der Waals surface area contributed by atoms with Gasteiger partial charge < -0.3 is 10.1 Å². The minimum Gasteiger partial charge on any atom is -0.494 e. The fourth-order valence-electron chi connectivity index (χ4n) is 2.54. The first-order chi connectivity index (χ1) is 12.8. The molecule has 3 aromatic rings. The molecule has 3 rings (SSSR count). The summed E-state index contributed by atoms with van der Waals surface area (Å²) in [5.41, 5.74) is 1.73. The van der Waals surface area contributed by atoms with Gasteiger partial charge in [-0.05, 0) is 48.9 Å². The van der Waals surface area contributed by atoms with Gasteiger partial charge in [-0.3, -0.25) is 4.79 Å². The molecule has 0 saturated heterocycles. The first-order valence-corrected chi connectivity index (χ1v) is 9.44. The highest BCUT2D eigenvalue weighted by Crippen LogP contribution is 2.36. The van der Waals surface area contributed by atoms with E-state index in [2.05, 4.69) is 5.32 Å². The Hall–Kier alpha value is -2.72. The molecule has 0 aromatic heterocycles. The van der Waals surface area contributed by atoms with Crippen LogP contribution < -0.4 is 10.1 Å². The molecule has 26 heavy (non-hydrogen) atoms. The van der Waals surface area contributed by atoms with Crippen molar-refractivity contribution in [3.8, 4) is 5.75 Å². The van der Waals surface area contributed by atoms with Gasteiger partial charge in [-0.1, -0.05) is 48.5 Å². The summed E-state index contributed by atoms with van der Waals surface area (Å²) >= 11 is 1.54. The number of hydrogen-bond acceptors (Lipinski definition) is 3. The second-order valence-electron chi connectivity index (χ2n) is 5.67. The molecule has 0 saturated carbocycles. The maximum Gasteiger partial charge on any atom is 0.242 e. The Morgan fingerprint density at radius 2 is 1.54 bits per heavy atom. The predicted molar refractivity (Wildman–Crippen MR) is 108 cm³/mol. The van der Waals surface area contributed by atoms with Crippen molar-refractivity contribution < 1.29 is 9.53 Å². The molecule has 4 heteroatoms. The average molecular weight is 363 g/mol. The second-order valence-corrected chi connectivity index (χ2v) is 6.85. The summed E-state index contributed by atoms with van der Waals surface area (Å²) in [6.45, 7) is 2.57. The Morgan fingerprint density at radius 1 is 0.923 bits per heavy atom. The lowest BCUT2D eigenvalue weighted by Crippen LogP contribution is -2.19. The quantitative estimate of drug-likeness (QED) is 0.559. The highest BCUT2D eigenvalue weighted by atomic mass is 32.2. The number of amides is 1. The van der Waals surface area contributed by atoms with Crippen LogP contribution in [-0.2, 0) is 4.79 Å². The fourth-order valence-corrected chi connectivity index (χ4v) is 3.59. The highest BCUT2D eigenvalue weighted by Gasteiger charge is 2.22. The third-order valence-electron chi connectivity index (χ3n) is 3.77. The maximum atomic E-state index is 13.0. The summed E-state index contributed by atoms with van der Waals surface area (Å²) in [4.78, 5) is 14.0. The van der Waals surface area contributed by atoms with Crippen molar-refractivity contribution in [1.82, 2.24) is 0 Å². The lowest BCUT2D eigenvalue weighted by Gasteiger charge is -2.17. The Morgan fingerprint density at radius 3 is 2.15 bits per heavy atom. The Bertz CT molecular complexity index is 820. The third-order valence-corrected chi connectivity index (χ3v) is 5.04. The minimum atomic E-state index is -0.329. The van der Waals surface area contributed by atoms with E-state index in [0.717, 1.165) is 21.9 Å². The molecule has 0 bridgehead atoms. The summed E-state index contributed by atoms with van der Waals surface area (Å²) in [6.07, 6.45) is 0. The molecule has 0 aliphatic heterocycles. The standard InChI is InChI=1S/C22H21NO2S/c1-2-25-19-15-13-18(14-16-19)23-22(24)21(17-9-5-3-6-10-17)26-20-11-7-4-8-12-20/h3-16,21H,2H2,1H3,(H,23,24)/t21-/m0/s1. The summed E-state index contributed by atoms with van der Waals surface area (Å²) in [5.74, 6) is 0.748. The van der Waals surface area contributed by atoms with E-state index in [4.69, 9.17) is 4.74 Å². The summed E-state index contributed by atoms with van der Waals surface area (Å²) in [5, 5.41) is 2.69. The van der Waals surface area contributed by atoms with Crippen LogP contribution in [0.25, 0.3) is 0 Å². The number of ether oxygens (including phenoxy) is 1. The first-order valence-electron chi connectivity index (χ1n) is 8.56. The third kappa shape index (κ3) is 4.90. The molecule has 3 nitrogen and oxygen atoms in total. The van der Waals surface area contributed by atoms with Crippen LogP contribution in [0.2, 0.25) is 0 Å². The molecule has 132 valence electrons. The van der Waals surface area contributed by atoms with E-state index in [1.165, 1.54) is 0 Å². The molecule has 1 atom stereocenters. The van der Waals surface area contributed by atoms with Crippen LogP contribution in [0.5, 0.6) is 5.75 Å². The molecule has 0 spiro atoms. The number of anilines is 1. The van der Waals surface area contributed by atoms with Gasteiger partial charge >= 0.3 is 0 Å². The number of carbonyl (C=O) groups excluding carboxylic acids is 1. The Labute approximate surface area is 158 Å². The molecular formula is C22H21NO2S. The van der Waals surface area contributed by atoms with E-state index in [1.807, 2.05) is 91.9 Å². The van der Waals surface area contributed by atoms with E-state index >= 15 is 0 Å². The van der Waals surface area contributed by atoms with Crippen molar-refractivity contribution in [2.24, 2.45) is 0 Å². The minimum absolute atomic E-state index is 0.0470. The zero-order valence-corrected chi connectivity index (χ0v) is 15.4. The van der Waals surface area contributed by atoms with Crippen LogP contribution in [0.15, 0.2) is 89.8 Å². The smallest absolute Gasteiger partial charge is 0.242 e. The van der Waals surface area contributed by atoms with Crippen molar-refractivity contribution >= 4 is 23.4 Å². The Kier molecular flexibility index (Phi) is 6.34. The van der Waals surface area contributed by atoms with Gasteiger partial charge in [0.2, 0.25) is 5.91 Å². The largest absolute Gasteiger partial charge is 0.494 e. The SMILES string of the molecule is CCOc1ccc(NC(=O)[C@@H](Sc2ccccc2)c2ccccc2)cc1. The zero-order chi connectivity index (χ0) is 18.2. The van der Waals surface area contributed by atoms with Gasteiger partial charge in [-0.25, -0.2) is 0 Å². The van der Waals surface area contributed by atoms with E-state index in [0.29, 0.717) is 6.61 Å². The van der Waals surface area contributed by atoms with Crippen LogP contribution in [-0.4, -0.2) is 12.5 Å². The molecular weight excluding hydrogens is 342 g/mol. The van der Waals surface area contributed by atoms with Crippen LogP contribution in [0.1, 0.15) is 17.7 Å². The predicted octanol–water partition coefficient (Wildman–Crippen LogP) is 5.56. The molecule has 0 aliphatic carbocycles. The average Bonchev–Trinajstić information content (AvgIpc) is 2.69. The van der Waals surface area contributed by atoms with Gasteiger partial charge in [0.05, 0.1) is 6.61 Å². The highest BCUT2D eigenvalue weighted by molar-refractivity contribution is 8.00. The number of thioether (sulfide) groups is 1. The van der Waals surface area contributed by atoms with Crippen LogP contribution in [0.3, 0.4) is 0 Å². The van der Waals surface area contributed by atoms with E-state index in [1.54, 1.807) is 11.8 Å². The van der Waals surface area contributed by atoms with Crippen molar-refractivity contribution in [3.63, 3.8) is 0 Å². The molecule has 0 aliphatic rings. The number of benzene rings is 3.